The van der Waals surface area contributed by atoms with Gasteiger partial charge in [-0.15, -0.1) is 6.58 Å². The van der Waals surface area contributed by atoms with Crippen LogP contribution in [-0.2, 0) is 4.79 Å². The van der Waals surface area contributed by atoms with E-state index in [1.807, 2.05) is 6.07 Å². The molecule has 0 radical (unpaired) electrons. The summed E-state index contributed by atoms with van der Waals surface area (Å²) < 4.78 is 0. The van der Waals surface area contributed by atoms with Crippen molar-refractivity contribution < 1.29 is 4.79 Å². The molecular weight excluding hydrogens is 152 g/mol. The van der Waals surface area contributed by atoms with E-state index in [2.05, 4.69) is 6.58 Å². The van der Waals surface area contributed by atoms with Gasteiger partial charge in [0.25, 0.3) is 0 Å². The SMILES string of the molecule is C=CCCC(=O)N(C)CCC#N. The van der Waals surface area contributed by atoms with Crippen LogP contribution in [0.5, 0.6) is 0 Å². The summed E-state index contributed by atoms with van der Waals surface area (Å²) in [6.45, 7) is 4.05. The van der Waals surface area contributed by atoms with Crippen LogP contribution in [0.15, 0.2) is 12.7 Å². The van der Waals surface area contributed by atoms with Crippen LogP contribution in [0.4, 0.5) is 0 Å². The lowest BCUT2D eigenvalue weighted by molar-refractivity contribution is -0.129. The molecule has 0 aliphatic rings. The molecule has 0 rings (SSSR count). The Hall–Kier alpha value is -1.30. The summed E-state index contributed by atoms with van der Waals surface area (Å²) in [7, 11) is 1.71. The third-order valence-corrected chi connectivity index (χ3v) is 1.55. The number of nitriles is 1. The molecule has 0 aliphatic heterocycles. The standard InChI is InChI=1S/C9H14N2O/c1-3-4-6-9(12)11(2)8-5-7-10/h3H,1,4-6,8H2,2H3. The number of carbonyl (C=O) groups excluding carboxylic acids is 1. The van der Waals surface area contributed by atoms with Crippen molar-refractivity contribution in [2.75, 3.05) is 13.6 Å². The van der Waals surface area contributed by atoms with Crippen molar-refractivity contribution in [2.24, 2.45) is 0 Å². The summed E-state index contributed by atoms with van der Waals surface area (Å²) in [5.41, 5.74) is 0. The van der Waals surface area contributed by atoms with Gasteiger partial charge in [0.15, 0.2) is 0 Å². The average molecular weight is 166 g/mol. The minimum atomic E-state index is 0.0742. The van der Waals surface area contributed by atoms with Crippen LogP contribution < -0.4 is 0 Å². The maximum Gasteiger partial charge on any atom is 0.222 e. The number of allylic oxidation sites excluding steroid dienone is 1. The van der Waals surface area contributed by atoms with Gasteiger partial charge in [0.1, 0.15) is 0 Å². The summed E-state index contributed by atoms with van der Waals surface area (Å²) in [5.74, 6) is 0.0742. The molecule has 0 fully saturated rings. The van der Waals surface area contributed by atoms with E-state index in [4.69, 9.17) is 5.26 Å². The highest BCUT2D eigenvalue weighted by atomic mass is 16.2. The van der Waals surface area contributed by atoms with Crippen molar-refractivity contribution in [2.45, 2.75) is 19.3 Å². The number of nitrogens with zero attached hydrogens (tertiary/aromatic N) is 2. The van der Waals surface area contributed by atoms with Crippen molar-refractivity contribution in [3.63, 3.8) is 0 Å². The molecule has 0 N–H and O–H groups in total. The van der Waals surface area contributed by atoms with Gasteiger partial charge in [-0.25, -0.2) is 0 Å². The van der Waals surface area contributed by atoms with Crippen molar-refractivity contribution in [1.29, 1.82) is 5.26 Å². The van der Waals surface area contributed by atoms with Gasteiger partial charge < -0.3 is 4.90 Å². The minimum Gasteiger partial charge on any atom is -0.345 e. The largest absolute Gasteiger partial charge is 0.345 e. The van der Waals surface area contributed by atoms with Gasteiger partial charge >= 0.3 is 0 Å². The van der Waals surface area contributed by atoms with Gasteiger partial charge in [0, 0.05) is 20.0 Å². The van der Waals surface area contributed by atoms with E-state index >= 15 is 0 Å². The van der Waals surface area contributed by atoms with Crippen LogP contribution in [0.1, 0.15) is 19.3 Å². The van der Waals surface area contributed by atoms with E-state index in [1.165, 1.54) is 0 Å². The Morgan fingerprint density at radius 3 is 2.92 bits per heavy atom. The van der Waals surface area contributed by atoms with Crippen LogP contribution in [0, 0.1) is 11.3 Å². The Bertz CT molecular complexity index is 193. The molecule has 0 saturated carbocycles. The van der Waals surface area contributed by atoms with Crippen LogP contribution in [0.2, 0.25) is 0 Å². The molecule has 0 bridgehead atoms. The normalized spacial score (nSPS) is 8.67. The molecule has 0 aromatic heterocycles. The molecular formula is C9H14N2O. The van der Waals surface area contributed by atoms with Crippen molar-refractivity contribution in [1.82, 2.24) is 4.90 Å². The topological polar surface area (TPSA) is 44.1 Å². The number of rotatable bonds is 5. The number of hydrogen-bond donors (Lipinski definition) is 0. The first-order valence-electron chi connectivity index (χ1n) is 3.94. The first-order chi connectivity index (χ1) is 5.72. The fourth-order valence-corrected chi connectivity index (χ4v) is 0.759. The summed E-state index contributed by atoms with van der Waals surface area (Å²) >= 11 is 0. The predicted octanol–water partition coefficient (Wildman–Crippen LogP) is 1.32. The molecule has 0 aromatic rings. The van der Waals surface area contributed by atoms with Gasteiger partial charge in [-0.2, -0.15) is 5.26 Å². The van der Waals surface area contributed by atoms with Crippen LogP contribution in [-0.4, -0.2) is 24.4 Å². The highest BCUT2D eigenvalue weighted by Gasteiger charge is 2.05. The van der Waals surface area contributed by atoms with Crippen LogP contribution >= 0.6 is 0 Å². The number of amides is 1. The molecule has 12 heavy (non-hydrogen) atoms. The fourth-order valence-electron chi connectivity index (χ4n) is 0.759. The highest BCUT2D eigenvalue weighted by molar-refractivity contribution is 5.75. The summed E-state index contributed by atoms with van der Waals surface area (Å²) in [4.78, 5) is 12.8. The van der Waals surface area contributed by atoms with E-state index in [9.17, 15) is 4.79 Å². The van der Waals surface area contributed by atoms with Crippen molar-refractivity contribution in [3.05, 3.63) is 12.7 Å². The maximum atomic E-state index is 11.2. The van der Waals surface area contributed by atoms with Gasteiger partial charge in [0.05, 0.1) is 12.5 Å². The number of hydrogen-bond acceptors (Lipinski definition) is 2. The molecule has 0 saturated heterocycles. The van der Waals surface area contributed by atoms with Crippen LogP contribution in [0.3, 0.4) is 0 Å². The highest BCUT2D eigenvalue weighted by Crippen LogP contribution is 1.96. The Kier molecular flexibility index (Phi) is 5.72. The van der Waals surface area contributed by atoms with Gasteiger partial charge in [-0.3, -0.25) is 4.79 Å². The van der Waals surface area contributed by atoms with Crippen LogP contribution in [0.25, 0.3) is 0 Å². The Morgan fingerprint density at radius 2 is 2.42 bits per heavy atom. The van der Waals surface area contributed by atoms with Gasteiger partial charge in [-0.05, 0) is 6.42 Å². The van der Waals surface area contributed by atoms with E-state index in [0.717, 1.165) is 0 Å². The predicted molar refractivity (Wildman–Crippen MR) is 47.3 cm³/mol. The van der Waals surface area contributed by atoms with Gasteiger partial charge in [0.2, 0.25) is 5.91 Å². The zero-order valence-electron chi connectivity index (χ0n) is 7.42. The minimum absolute atomic E-state index is 0.0742. The van der Waals surface area contributed by atoms with Crippen molar-refractivity contribution >= 4 is 5.91 Å². The third-order valence-electron chi connectivity index (χ3n) is 1.55. The lowest BCUT2D eigenvalue weighted by Crippen LogP contribution is -2.27. The molecule has 0 unspecified atom stereocenters. The second kappa shape index (κ2) is 6.41. The number of carbonyl (C=O) groups is 1. The summed E-state index contributed by atoms with van der Waals surface area (Å²) in [5, 5.41) is 8.27. The van der Waals surface area contributed by atoms with Gasteiger partial charge in [-0.1, -0.05) is 6.08 Å². The van der Waals surface area contributed by atoms with E-state index in [0.29, 0.717) is 25.8 Å². The first kappa shape index (κ1) is 10.7. The lowest BCUT2D eigenvalue weighted by Gasteiger charge is -2.14. The molecule has 3 nitrogen and oxygen atoms in total. The average Bonchev–Trinajstić information content (AvgIpc) is 2.10. The maximum absolute atomic E-state index is 11.2. The smallest absolute Gasteiger partial charge is 0.222 e. The lowest BCUT2D eigenvalue weighted by atomic mass is 10.3. The van der Waals surface area contributed by atoms with E-state index in [-0.39, 0.29) is 5.91 Å². The first-order valence-corrected chi connectivity index (χ1v) is 3.94. The molecule has 0 heterocycles. The molecule has 0 spiro atoms. The molecule has 0 aromatic carbocycles. The Labute approximate surface area is 73.3 Å². The van der Waals surface area contributed by atoms with E-state index < -0.39 is 0 Å². The zero-order valence-corrected chi connectivity index (χ0v) is 7.42. The van der Waals surface area contributed by atoms with E-state index in [1.54, 1.807) is 18.0 Å². The summed E-state index contributed by atoms with van der Waals surface area (Å²) in [6.07, 6.45) is 3.31. The zero-order chi connectivity index (χ0) is 9.40. The molecule has 3 heteroatoms. The molecule has 66 valence electrons. The Morgan fingerprint density at radius 1 is 1.75 bits per heavy atom. The molecule has 1 amide bonds. The summed E-state index contributed by atoms with van der Waals surface area (Å²) in [6, 6.07) is 2.00. The second-order valence-corrected chi connectivity index (χ2v) is 2.55. The third kappa shape index (κ3) is 4.51. The molecule has 0 aliphatic carbocycles. The second-order valence-electron chi connectivity index (χ2n) is 2.55. The van der Waals surface area contributed by atoms with Crippen molar-refractivity contribution in [3.8, 4) is 6.07 Å². The fraction of sp³-hybridized carbons (Fsp3) is 0.556. The monoisotopic (exact) mass is 166 g/mol. The molecule has 0 atom stereocenters. The Balaban J connectivity index is 3.62. The quantitative estimate of drug-likeness (QED) is 0.578.